The minimum Gasteiger partial charge on any atom is -0.356 e. The lowest BCUT2D eigenvalue weighted by molar-refractivity contribution is 0.252. The maximum Gasteiger partial charge on any atom is 0.319 e. The van der Waals surface area contributed by atoms with E-state index in [1.54, 1.807) is 0 Å². The fourth-order valence-electron chi connectivity index (χ4n) is 3.27. The highest BCUT2D eigenvalue weighted by molar-refractivity contribution is 5.89. The van der Waals surface area contributed by atoms with E-state index in [0.29, 0.717) is 19.0 Å². The number of urea groups is 1. The zero-order valence-electron chi connectivity index (χ0n) is 16.8. The topological polar surface area (TPSA) is 82.2 Å². The number of benzene rings is 1. The molecule has 0 spiro atoms. The Hall–Kier alpha value is -2.83. The number of carbonyl (C=O) groups excluding carboxylic acids is 1. The van der Waals surface area contributed by atoms with Crippen molar-refractivity contribution < 1.29 is 4.79 Å². The Morgan fingerprint density at radius 3 is 2.54 bits per heavy atom. The summed E-state index contributed by atoms with van der Waals surface area (Å²) in [4.78, 5) is 23.4. The summed E-state index contributed by atoms with van der Waals surface area (Å²) in [5, 5.41) is 8.89. The molecule has 7 nitrogen and oxygen atoms in total. The third-order valence-electron chi connectivity index (χ3n) is 4.83. The summed E-state index contributed by atoms with van der Waals surface area (Å²) in [7, 11) is 0. The first-order chi connectivity index (χ1) is 13.6. The van der Waals surface area contributed by atoms with Crippen LogP contribution < -0.4 is 20.9 Å². The molecular weight excluding hydrogens is 352 g/mol. The fourth-order valence-corrected chi connectivity index (χ4v) is 3.27. The van der Waals surface area contributed by atoms with Crippen LogP contribution in [0.15, 0.2) is 30.3 Å². The predicted molar refractivity (Wildman–Crippen MR) is 114 cm³/mol. The standard InChI is InChI=1S/C21H30N6O/c1-3-17-7-9-18(10-8-17)25-21(28)23-12-11-22-20-24-16(2)15-19(26-20)27-13-5-4-6-14-27/h7-10,15H,3-6,11-14H2,1-2H3,(H,22,24,26)(H2,23,25,28). The molecule has 0 unspecified atom stereocenters. The van der Waals surface area contributed by atoms with Gasteiger partial charge in [-0.05, 0) is 50.3 Å². The zero-order valence-corrected chi connectivity index (χ0v) is 16.8. The third-order valence-corrected chi connectivity index (χ3v) is 4.83. The van der Waals surface area contributed by atoms with Gasteiger partial charge >= 0.3 is 6.03 Å². The molecule has 7 heteroatoms. The quantitative estimate of drug-likeness (QED) is 0.638. The Bertz CT molecular complexity index is 771. The lowest BCUT2D eigenvalue weighted by Gasteiger charge is -2.28. The summed E-state index contributed by atoms with van der Waals surface area (Å²) in [6, 6.07) is 9.69. The SMILES string of the molecule is CCc1ccc(NC(=O)NCCNc2nc(C)cc(N3CCCCC3)n2)cc1. The maximum absolute atomic E-state index is 12.0. The molecule has 1 fully saturated rings. The van der Waals surface area contributed by atoms with Crippen molar-refractivity contribution in [1.82, 2.24) is 15.3 Å². The Morgan fingerprint density at radius 2 is 1.82 bits per heavy atom. The van der Waals surface area contributed by atoms with Gasteiger partial charge in [0.2, 0.25) is 5.95 Å². The minimum atomic E-state index is -0.217. The molecule has 0 atom stereocenters. The van der Waals surface area contributed by atoms with Crippen molar-refractivity contribution in [3.63, 3.8) is 0 Å². The van der Waals surface area contributed by atoms with Crippen LogP contribution in [0.4, 0.5) is 22.2 Å². The Balaban J connectivity index is 1.44. The molecule has 0 saturated carbocycles. The van der Waals surface area contributed by atoms with Crippen LogP contribution in [0, 0.1) is 6.92 Å². The van der Waals surface area contributed by atoms with Gasteiger partial charge in [-0.25, -0.2) is 9.78 Å². The van der Waals surface area contributed by atoms with Crippen LogP contribution in [0.2, 0.25) is 0 Å². The number of piperidine rings is 1. The van der Waals surface area contributed by atoms with Gasteiger partial charge in [-0.1, -0.05) is 19.1 Å². The van der Waals surface area contributed by atoms with Gasteiger partial charge in [0.15, 0.2) is 0 Å². The summed E-state index contributed by atoms with van der Waals surface area (Å²) < 4.78 is 0. The minimum absolute atomic E-state index is 0.217. The van der Waals surface area contributed by atoms with Crippen molar-refractivity contribution in [2.75, 3.05) is 41.7 Å². The zero-order chi connectivity index (χ0) is 19.8. The summed E-state index contributed by atoms with van der Waals surface area (Å²) >= 11 is 0. The molecule has 3 N–H and O–H groups in total. The van der Waals surface area contributed by atoms with Gasteiger partial charge in [0, 0.05) is 43.6 Å². The number of hydrogen-bond acceptors (Lipinski definition) is 5. The third kappa shape index (κ3) is 5.84. The molecule has 1 aromatic carbocycles. The molecule has 2 heterocycles. The van der Waals surface area contributed by atoms with Gasteiger partial charge in [-0.15, -0.1) is 0 Å². The van der Waals surface area contributed by atoms with Crippen LogP contribution in [0.3, 0.4) is 0 Å². The van der Waals surface area contributed by atoms with E-state index >= 15 is 0 Å². The van der Waals surface area contributed by atoms with Crippen molar-refractivity contribution in [2.45, 2.75) is 39.5 Å². The molecule has 1 aromatic heterocycles. The second-order valence-electron chi connectivity index (χ2n) is 7.10. The fraction of sp³-hybridized carbons (Fsp3) is 0.476. The molecule has 150 valence electrons. The van der Waals surface area contributed by atoms with E-state index in [1.165, 1.54) is 24.8 Å². The van der Waals surface area contributed by atoms with Crippen LogP contribution in [-0.4, -0.2) is 42.2 Å². The van der Waals surface area contributed by atoms with E-state index in [-0.39, 0.29) is 6.03 Å². The van der Waals surface area contributed by atoms with Gasteiger partial charge in [0.25, 0.3) is 0 Å². The number of nitrogens with zero attached hydrogens (tertiary/aromatic N) is 3. The van der Waals surface area contributed by atoms with Crippen LogP contribution in [0.25, 0.3) is 0 Å². The van der Waals surface area contributed by atoms with Gasteiger partial charge in [-0.3, -0.25) is 0 Å². The lowest BCUT2D eigenvalue weighted by Crippen LogP contribution is -2.33. The Morgan fingerprint density at radius 1 is 1.07 bits per heavy atom. The highest BCUT2D eigenvalue weighted by Gasteiger charge is 2.13. The van der Waals surface area contributed by atoms with Crippen molar-refractivity contribution >= 4 is 23.5 Å². The molecule has 0 radical (unpaired) electrons. The second-order valence-corrected chi connectivity index (χ2v) is 7.10. The molecule has 0 aliphatic carbocycles. The number of aryl methyl sites for hydroxylation is 2. The normalized spacial score (nSPS) is 13.9. The van der Waals surface area contributed by atoms with E-state index in [4.69, 9.17) is 0 Å². The number of amides is 2. The van der Waals surface area contributed by atoms with Crippen molar-refractivity contribution in [1.29, 1.82) is 0 Å². The Kier molecular flexibility index (Phi) is 7.06. The van der Waals surface area contributed by atoms with E-state index in [1.807, 2.05) is 37.3 Å². The number of rotatable bonds is 7. The number of nitrogens with one attached hydrogen (secondary N) is 3. The molecule has 1 aliphatic heterocycles. The molecular formula is C21H30N6O. The number of carbonyl (C=O) groups is 1. The van der Waals surface area contributed by atoms with Crippen molar-refractivity contribution in [3.05, 3.63) is 41.6 Å². The van der Waals surface area contributed by atoms with Gasteiger partial charge in [0.1, 0.15) is 5.82 Å². The number of aromatic nitrogens is 2. The summed E-state index contributed by atoms with van der Waals surface area (Å²) in [6.07, 6.45) is 4.71. The summed E-state index contributed by atoms with van der Waals surface area (Å²) in [5.74, 6) is 1.59. The number of hydrogen-bond donors (Lipinski definition) is 3. The van der Waals surface area contributed by atoms with Crippen LogP contribution in [0.5, 0.6) is 0 Å². The van der Waals surface area contributed by atoms with Crippen LogP contribution >= 0.6 is 0 Å². The molecule has 28 heavy (non-hydrogen) atoms. The van der Waals surface area contributed by atoms with Crippen molar-refractivity contribution in [3.8, 4) is 0 Å². The highest BCUT2D eigenvalue weighted by Crippen LogP contribution is 2.19. The monoisotopic (exact) mass is 382 g/mol. The van der Waals surface area contributed by atoms with E-state index < -0.39 is 0 Å². The van der Waals surface area contributed by atoms with E-state index in [2.05, 4.69) is 37.7 Å². The van der Waals surface area contributed by atoms with Gasteiger partial charge < -0.3 is 20.9 Å². The smallest absolute Gasteiger partial charge is 0.319 e. The second kappa shape index (κ2) is 9.92. The predicted octanol–water partition coefficient (Wildman–Crippen LogP) is 3.57. The Labute approximate surface area is 167 Å². The van der Waals surface area contributed by atoms with E-state index in [9.17, 15) is 4.79 Å². The molecule has 1 aliphatic rings. The average molecular weight is 383 g/mol. The van der Waals surface area contributed by atoms with E-state index in [0.717, 1.165) is 36.7 Å². The van der Waals surface area contributed by atoms with Gasteiger partial charge in [-0.2, -0.15) is 4.98 Å². The first-order valence-electron chi connectivity index (χ1n) is 10.1. The number of anilines is 3. The summed E-state index contributed by atoms with van der Waals surface area (Å²) in [5.41, 5.74) is 2.98. The molecule has 0 bridgehead atoms. The molecule has 1 saturated heterocycles. The average Bonchev–Trinajstić information content (AvgIpc) is 2.72. The molecule has 3 rings (SSSR count). The maximum atomic E-state index is 12.0. The largest absolute Gasteiger partial charge is 0.356 e. The molecule has 2 aromatic rings. The summed E-state index contributed by atoms with van der Waals surface area (Å²) in [6.45, 7) is 7.24. The molecule has 2 amide bonds. The first-order valence-corrected chi connectivity index (χ1v) is 10.1. The first kappa shape index (κ1) is 19.9. The highest BCUT2D eigenvalue weighted by atomic mass is 16.2. The van der Waals surface area contributed by atoms with Crippen molar-refractivity contribution in [2.24, 2.45) is 0 Å². The van der Waals surface area contributed by atoms with Crippen LogP contribution in [-0.2, 0) is 6.42 Å². The van der Waals surface area contributed by atoms with Crippen LogP contribution in [0.1, 0.15) is 37.4 Å². The lowest BCUT2D eigenvalue weighted by atomic mass is 10.1. The van der Waals surface area contributed by atoms with Gasteiger partial charge in [0.05, 0.1) is 0 Å².